The molecule has 0 atom stereocenters. The molecule has 0 aliphatic heterocycles. The SMILES string of the molecule is CCOc1ccc(C=CC(=O)NCCn2ncnn2)cc1. The molecule has 21 heavy (non-hydrogen) atoms. The molecule has 0 radical (unpaired) electrons. The van der Waals surface area contributed by atoms with Crippen LogP contribution in [0, 0.1) is 0 Å². The Bertz CT molecular complexity index is 578. The van der Waals surface area contributed by atoms with Gasteiger partial charge in [0.05, 0.1) is 13.2 Å². The normalized spacial score (nSPS) is 10.7. The number of hydrogen-bond donors (Lipinski definition) is 1. The van der Waals surface area contributed by atoms with Gasteiger partial charge in [-0.3, -0.25) is 4.79 Å². The molecule has 110 valence electrons. The van der Waals surface area contributed by atoms with Crippen LogP contribution in [-0.4, -0.2) is 39.3 Å². The molecular formula is C14H17N5O2. The number of carbonyl (C=O) groups excluding carboxylic acids is 1. The largest absolute Gasteiger partial charge is 0.494 e. The van der Waals surface area contributed by atoms with Crippen LogP contribution >= 0.6 is 0 Å². The third-order valence-corrected chi connectivity index (χ3v) is 2.62. The maximum absolute atomic E-state index is 11.6. The lowest BCUT2D eigenvalue weighted by atomic mass is 10.2. The summed E-state index contributed by atoms with van der Waals surface area (Å²) in [6.45, 7) is 3.51. The summed E-state index contributed by atoms with van der Waals surface area (Å²) >= 11 is 0. The van der Waals surface area contributed by atoms with Gasteiger partial charge in [0.15, 0.2) is 6.33 Å². The van der Waals surface area contributed by atoms with Gasteiger partial charge >= 0.3 is 0 Å². The molecule has 1 amide bonds. The molecule has 0 bridgehead atoms. The second-order valence-corrected chi connectivity index (χ2v) is 4.16. The molecular weight excluding hydrogens is 270 g/mol. The van der Waals surface area contributed by atoms with Crippen LogP contribution < -0.4 is 10.1 Å². The summed E-state index contributed by atoms with van der Waals surface area (Å²) in [7, 11) is 0. The molecule has 7 heteroatoms. The zero-order valence-corrected chi connectivity index (χ0v) is 11.8. The van der Waals surface area contributed by atoms with E-state index in [1.54, 1.807) is 6.08 Å². The average Bonchev–Trinajstić information content (AvgIpc) is 3.00. The van der Waals surface area contributed by atoms with Crippen molar-refractivity contribution < 1.29 is 9.53 Å². The van der Waals surface area contributed by atoms with Gasteiger partial charge in [0.2, 0.25) is 5.91 Å². The lowest BCUT2D eigenvalue weighted by Crippen LogP contribution is -2.26. The van der Waals surface area contributed by atoms with Crippen molar-refractivity contribution in [2.24, 2.45) is 0 Å². The molecule has 1 aromatic heterocycles. The van der Waals surface area contributed by atoms with Crippen LogP contribution in [0.1, 0.15) is 12.5 Å². The zero-order valence-electron chi connectivity index (χ0n) is 11.8. The zero-order chi connectivity index (χ0) is 14.9. The van der Waals surface area contributed by atoms with Crippen LogP contribution in [0.25, 0.3) is 6.08 Å². The van der Waals surface area contributed by atoms with E-state index in [0.29, 0.717) is 19.7 Å². The minimum absolute atomic E-state index is 0.163. The number of amides is 1. The van der Waals surface area contributed by atoms with Crippen LogP contribution in [0.2, 0.25) is 0 Å². The quantitative estimate of drug-likeness (QED) is 0.765. The van der Waals surface area contributed by atoms with Gasteiger partial charge in [-0.2, -0.15) is 4.80 Å². The lowest BCUT2D eigenvalue weighted by Gasteiger charge is -2.02. The van der Waals surface area contributed by atoms with E-state index in [1.165, 1.54) is 17.2 Å². The van der Waals surface area contributed by atoms with E-state index in [1.807, 2.05) is 31.2 Å². The van der Waals surface area contributed by atoms with Crippen molar-refractivity contribution in [3.8, 4) is 5.75 Å². The monoisotopic (exact) mass is 287 g/mol. The summed E-state index contributed by atoms with van der Waals surface area (Å²) in [4.78, 5) is 13.0. The molecule has 0 spiro atoms. The molecule has 0 fully saturated rings. The van der Waals surface area contributed by atoms with Crippen LogP contribution in [0.4, 0.5) is 0 Å². The fraction of sp³-hybridized carbons (Fsp3) is 0.286. The van der Waals surface area contributed by atoms with Crippen molar-refractivity contribution >= 4 is 12.0 Å². The highest BCUT2D eigenvalue weighted by Crippen LogP contribution is 2.12. The van der Waals surface area contributed by atoms with Gasteiger partial charge in [0.25, 0.3) is 0 Å². The van der Waals surface area contributed by atoms with E-state index in [2.05, 4.69) is 20.7 Å². The van der Waals surface area contributed by atoms with E-state index in [4.69, 9.17) is 4.74 Å². The Balaban J connectivity index is 1.75. The number of carbonyl (C=O) groups is 1. The summed E-state index contributed by atoms with van der Waals surface area (Å²) in [5.74, 6) is 0.656. The van der Waals surface area contributed by atoms with Gasteiger partial charge in [-0.05, 0) is 35.9 Å². The summed E-state index contributed by atoms with van der Waals surface area (Å²) in [5, 5.41) is 13.9. The highest BCUT2D eigenvalue weighted by Gasteiger charge is 1.97. The van der Waals surface area contributed by atoms with Crippen molar-refractivity contribution in [3.63, 3.8) is 0 Å². The van der Waals surface area contributed by atoms with E-state index in [9.17, 15) is 4.79 Å². The number of ether oxygens (including phenoxy) is 1. The third-order valence-electron chi connectivity index (χ3n) is 2.62. The molecule has 0 saturated carbocycles. The van der Waals surface area contributed by atoms with E-state index >= 15 is 0 Å². The first kappa shape index (κ1) is 14.7. The van der Waals surface area contributed by atoms with Gasteiger partial charge in [0.1, 0.15) is 5.75 Å². The molecule has 0 saturated heterocycles. The Morgan fingerprint density at radius 1 is 1.38 bits per heavy atom. The van der Waals surface area contributed by atoms with Gasteiger partial charge in [-0.1, -0.05) is 12.1 Å². The maximum Gasteiger partial charge on any atom is 0.244 e. The van der Waals surface area contributed by atoms with Crippen molar-refractivity contribution in [2.75, 3.05) is 13.2 Å². The molecule has 1 heterocycles. The number of benzene rings is 1. The Kier molecular flexibility index (Phi) is 5.45. The number of tetrazole rings is 1. The minimum atomic E-state index is -0.163. The minimum Gasteiger partial charge on any atom is -0.494 e. The Morgan fingerprint density at radius 2 is 2.19 bits per heavy atom. The molecule has 2 rings (SSSR count). The van der Waals surface area contributed by atoms with Crippen molar-refractivity contribution in [1.29, 1.82) is 0 Å². The van der Waals surface area contributed by atoms with Crippen molar-refractivity contribution in [2.45, 2.75) is 13.5 Å². The summed E-state index contributed by atoms with van der Waals surface area (Å²) in [6, 6.07) is 7.54. The highest BCUT2D eigenvalue weighted by molar-refractivity contribution is 5.91. The van der Waals surface area contributed by atoms with Crippen molar-refractivity contribution in [3.05, 3.63) is 42.2 Å². The molecule has 7 nitrogen and oxygen atoms in total. The first-order valence-electron chi connectivity index (χ1n) is 6.67. The van der Waals surface area contributed by atoms with E-state index < -0.39 is 0 Å². The first-order valence-corrected chi connectivity index (χ1v) is 6.67. The second kappa shape index (κ2) is 7.78. The molecule has 1 N–H and O–H groups in total. The number of nitrogens with one attached hydrogen (secondary N) is 1. The lowest BCUT2D eigenvalue weighted by molar-refractivity contribution is -0.116. The van der Waals surface area contributed by atoms with Gasteiger partial charge < -0.3 is 10.1 Å². The van der Waals surface area contributed by atoms with Crippen LogP contribution in [-0.2, 0) is 11.3 Å². The number of aromatic nitrogens is 4. The maximum atomic E-state index is 11.6. The summed E-state index contributed by atoms with van der Waals surface area (Å²) in [6.07, 6.45) is 4.59. The van der Waals surface area contributed by atoms with Gasteiger partial charge in [-0.15, -0.1) is 10.2 Å². The predicted octanol–water partition coefficient (Wildman–Crippen LogP) is 0.901. The molecule has 1 aromatic carbocycles. The number of rotatable bonds is 7. The smallest absolute Gasteiger partial charge is 0.244 e. The van der Waals surface area contributed by atoms with Gasteiger partial charge in [-0.25, -0.2) is 0 Å². The first-order chi connectivity index (χ1) is 10.3. The Hall–Kier alpha value is -2.70. The molecule has 0 aliphatic carbocycles. The Labute approximate surface area is 122 Å². The summed E-state index contributed by atoms with van der Waals surface area (Å²) < 4.78 is 5.35. The van der Waals surface area contributed by atoms with Crippen LogP contribution in [0.3, 0.4) is 0 Å². The molecule has 0 unspecified atom stereocenters. The fourth-order valence-electron chi connectivity index (χ4n) is 1.64. The van der Waals surface area contributed by atoms with Crippen LogP contribution in [0.15, 0.2) is 36.7 Å². The summed E-state index contributed by atoms with van der Waals surface area (Å²) in [5.41, 5.74) is 0.937. The second-order valence-electron chi connectivity index (χ2n) is 4.16. The standard InChI is InChI=1S/C14H17N5O2/c1-2-21-13-6-3-12(4-7-13)5-8-14(20)15-9-10-19-17-11-16-18-19/h3-8,11H,2,9-10H2,1H3,(H,15,20). The van der Waals surface area contributed by atoms with E-state index in [0.717, 1.165) is 11.3 Å². The van der Waals surface area contributed by atoms with Crippen molar-refractivity contribution in [1.82, 2.24) is 25.5 Å². The Morgan fingerprint density at radius 3 is 2.86 bits per heavy atom. The van der Waals surface area contributed by atoms with Crippen LogP contribution in [0.5, 0.6) is 5.75 Å². The average molecular weight is 287 g/mol. The third kappa shape index (κ3) is 5.06. The highest BCUT2D eigenvalue weighted by atomic mass is 16.5. The number of hydrogen-bond acceptors (Lipinski definition) is 5. The predicted molar refractivity (Wildman–Crippen MR) is 77.5 cm³/mol. The molecule has 2 aromatic rings. The van der Waals surface area contributed by atoms with E-state index in [-0.39, 0.29) is 5.91 Å². The number of nitrogens with zero attached hydrogens (tertiary/aromatic N) is 4. The fourth-order valence-corrected chi connectivity index (χ4v) is 1.64. The topological polar surface area (TPSA) is 81.9 Å². The van der Waals surface area contributed by atoms with Gasteiger partial charge in [0, 0.05) is 12.6 Å². The molecule has 0 aliphatic rings.